The number of rotatable bonds is 6. The van der Waals surface area contributed by atoms with Crippen molar-refractivity contribution < 1.29 is 13.3 Å². The van der Waals surface area contributed by atoms with E-state index in [1.807, 2.05) is 0 Å². The lowest BCUT2D eigenvalue weighted by Gasteiger charge is -2.08. The Morgan fingerprint density at radius 3 is 2.75 bits per heavy atom. The van der Waals surface area contributed by atoms with Gasteiger partial charge in [-0.1, -0.05) is 13.3 Å². The molecule has 1 fully saturated rings. The second-order valence-electron chi connectivity index (χ2n) is 5.02. The Morgan fingerprint density at radius 1 is 1.50 bits per heavy atom. The molecule has 0 bridgehead atoms. The number of hydrogen-bond donors (Lipinski definition) is 2. The predicted molar refractivity (Wildman–Crippen MR) is 74.9 cm³/mol. The SMILES string of the molecule is CCCC1CC1Nc1ccc(S(N)(=O)=O)cc1[N+](=O)[O-]. The number of benzene rings is 1. The largest absolute Gasteiger partial charge is 0.376 e. The minimum atomic E-state index is -3.94. The fourth-order valence-electron chi connectivity index (χ4n) is 2.28. The van der Waals surface area contributed by atoms with Gasteiger partial charge in [-0.2, -0.15) is 0 Å². The second-order valence-corrected chi connectivity index (χ2v) is 6.58. The summed E-state index contributed by atoms with van der Waals surface area (Å²) in [6.07, 6.45) is 3.15. The Labute approximate surface area is 117 Å². The number of hydrogen-bond acceptors (Lipinski definition) is 5. The van der Waals surface area contributed by atoms with Crippen LogP contribution in [0.25, 0.3) is 0 Å². The van der Waals surface area contributed by atoms with Gasteiger partial charge in [-0.3, -0.25) is 10.1 Å². The van der Waals surface area contributed by atoms with Gasteiger partial charge in [-0.25, -0.2) is 13.6 Å². The Bertz CT molecular complexity index is 630. The van der Waals surface area contributed by atoms with Crippen LogP contribution in [0.5, 0.6) is 0 Å². The van der Waals surface area contributed by atoms with Gasteiger partial charge in [-0.05, 0) is 30.9 Å². The van der Waals surface area contributed by atoms with E-state index < -0.39 is 14.9 Å². The quantitative estimate of drug-likeness (QED) is 0.614. The summed E-state index contributed by atoms with van der Waals surface area (Å²) in [5, 5.41) is 19.1. The molecule has 0 spiro atoms. The van der Waals surface area contributed by atoms with Crippen molar-refractivity contribution in [1.29, 1.82) is 0 Å². The molecular formula is C12H17N3O4S. The monoisotopic (exact) mass is 299 g/mol. The molecule has 1 aliphatic carbocycles. The highest BCUT2D eigenvalue weighted by Gasteiger charge is 2.37. The first-order chi connectivity index (χ1) is 9.32. The minimum absolute atomic E-state index is 0.231. The molecule has 0 aromatic heterocycles. The number of nitro benzene ring substituents is 1. The molecule has 0 radical (unpaired) electrons. The van der Waals surface area contributed by atoms with Gasteiger partial charge >= 0.3 is 0 Å². The average Bonchev–Trinajstić information content (AvgIpc) is 3.06. The minimum Gasteiger partial charge on any atom is -0.376 e. The molecule has 0 aliphatic heterocycles. The maximum atomic E-state index is 11.2. The summed E-state index contributed by atoms with van der Waals surface area (Å²) in [6.45, 7) is 2.10. The van der Waals surface area contributed by atoms with E-state index in [1.165, 1.54) is 12.1 Å². The summed E-state index contributed by atoms with van der Waals surface area (Å²) in [7, 11) is -3.94. The van der Waals surface area contributed by atoms with Crippen molar-refractivity contribution in [3.8, 4) is 0 Å². The highest BCUT2D eigenvalue weighted by Crippen LogP contribution is 2.39. The topological polar surface area (TPSA) is 115 Å². The summed E-state index contributed by atoms with van der Waals surface area (Å²) >= 11 is 0. The smallest absolute Gasteiger partial charge is 0.293 e. The molecule has 2 rings (SSSR count). The second kappa shape index (κ2) is 5.37. The summed E-state index contributed by atoms with van der Waals surface area (Å²) in [4.78, 5) is 10.2. The van der Waals surface area contributed by atoms with E-state index in [-0.39, 0.29) is 16.6 Å². The van der Waals surface area contributed by atoms with E-state index in [9.17, 15) is 18.5 Å². The molecule has 20 heavy (non-hydrogen) atoms. The fraction of sp³-hybridized carbons (Fsp3) is 0.500. The van der Waals surface area contributed by atoms with E-state index in [0.29, 0.717) is 11.6 Å². The Balaban J connectivity index is 2.23. The summed E-state index contributed by atoms with van der Waals surface area (Å²) in [5.74, 6) is 0.539. The molecule has 1 saturated carbocycles. The molecule has 1 aromatic carbocycles. The van der Waals surface area contributed by atoms with Gasteiger partial charge in [0.05, 0.1) is 9.82 Å². The van der Waals surface area contributed by atoms with E-state index >= 15 is 0 Å². The van der Waals surface area contributed by atoms with Crippen LogP contribution in [0.4, 0.5) is 11.4 Å². The number of nitrogens with two attached hydrogens (primary N) is 1. The van der Waals surface area contributed by atoms with Gasteiger partial charge in [0.2, 0.25) is 10.0 Å². The van der Waals surface area contributed by atoms with Crippen molar-refractivity contribution in [2.45, 2.75) is 37.1 Å². The van der Waals surface area contributed by atoms with Crippen molar-refractivity contribution >= 4 is 21.4 Å². The van der Waals surface area contributed by atoms with E-state index in [0.717, 1.165) is 25.3 Å². The molecule has 8 heteroatoms. The third-order valence-electron chi connectivity index (χ3n) is 3.42. The highest BCUT2D eigenvalue weighted by molar-refractivity contribution is 7.89. The standard InChI is InChI=1S/C12H17N3O4S/c1-2-3-8-6-11(8)14-10-5-4-9(20(13,18)19)7-12(10)15(16)17/h4-5,7-8,11,14H,2-3,6H2,1H3,(H2,13,18,19). The van der Waals surface area contributed by atoms with Gasteiger partial charge in [0.15, 0.2) is 0 Å². The van der Waals surface area contributed by atoms with E-state index in [1.54, 1.807) is 0 Å². The van der Waals surface area contributed by atoms with Crippen molar-refractivity contribution in [2.75, 3.05) is 5.32 Å². The van der Waals surface area contributed by atoms with Crippen LogP contribution in [0, 0.1) is 16.0 Å². The molecule has 7 nitrogen and oxygen atoms in total. The van der Waals surface area contributed by atoms with Gasteiger partial charge in [0.25, 0.3) is 5.69 Å². The summed E-state index contributed by atoms with van der Waals surface area (Å²) in [5.41, 5.74) is 0.0738. The van der Waals surface area contributed by atoms with Crippen molar-refractivity contribution in [2.24, 2.45) is 11.1 Å². The molecule has 0 heterocycles. The predicted octanol–water partition coefficient (Wildman–Crippen LogP) is 1.84. The molecule has 2 unspecified atom stereocenters. The molecular weight excluding hydrogens is 282 g/mol. The first kappa shape index (κ1) is 14.7. The first-order valence-electron chi connectivity index (χ1n) is 6.40. The maximum Gasteiger partial charge on any atom is 0.293 e. The van der Waals surface area contributed by atoms with Gasteiger partial charge < -0.3 is 5.32 Å². The zero-order valence-corrected chi connectivity index (χ0v) is 11.9. The normalized spacial score (nSPS) is 21.5. The summed E-state index contributed by atoms with van der Waals surface area (Å²) in [6, 6.07) is 3.91. The van der Waals surface area contributed by atoms with E-state index in [4.69, 9.17) is 5.14 Å². The number of nitrogens with one attached hydrogen (secondary N) is 1. The zero-order valence-electron chi connectivity index (χ0n) is 11.1. The lowest BCUT2D eigenvalue weighted by atomic mass is 10.2. The van der Waals surface area contributed by atoms with Crippen LogP contribution in [-0.4, -0.2) is 19.4 Å². The van der Waals surface area contributed by atoms with Crippen molar-refractivity contribution in [1.82, 2.24) is 0 Å². The van der Waals surface area contributed by atoms with Crippen LogP contribution in [-0.2, 0) is 10.0 Å². The molecule has 110 valence electrons. The third kappa shape index (κ3) is 3.26. The number of nitrogens with zero attached hydrogens (tertiary/aromatic N) is 1. The number of nitro groups is 1. The zero-order chi connectivity index (χ0) is 14.9. The van der Waals surface area contributed by atoms with Crippen LogP contribution in [0.1, 0.15) is 26.2 Å². The molecule has 0 amide bonds. The first-order valence-corrected chi connectivity index (χ1v) is 7.95. The maximum absolute atomic E-state index is 11.2. The van der Waals surface area contributed by atoms with Crippen molar-refractivity contribution in [3.63, 3.8) is 0 Å². The van der Waals surface area contributed by atoms with Crippen LogP contribution < -0.4 is 10.5 Å². The van der Waals surface area contributed by atoms with Crippen molar-refractivity contribution in [3.05, 3.63) is 28.3 Å². The number of primary sulfonamides is 1. The average molecular weight is 299 g/mol. The van der Waals surface area contributed by atoms with Gasteiger partial charge in [0.1, 0.15) is 5.69 Å². The number of sulfonamides is 1. The summed E-state index contributed by atoms with van der Waals surface area (Å²) < 4.78 is 22.5. The van der Waals surface area contributed by atoms with Crippen LogP contribution in [0.15, 0.2) is 23.1 Å². The lowest BCUT2D eigenvalue weighted by molar-refractivity contribution is -0.384. The molecule has 2 atom stereocenters. The Kier molecular flexibility index (Phi) is 3.96. The molecule has 1 aromatic rings. The highest BCUT2D eigenvalue weighted by atomic mass is 32.2. The number of anilines is 1. The molecule has 1 aliphatic rings. The molecule has 0 saturated heterocycles. The van der Waals surface area contributed by atoms with Crippen LogP contribution in [0.3, 0.4) is 0 Å². The van der Waals surface area contributed by atoms with Crippen LogP contribution >= 0.6 is 0 Å². The fourth-order valence-corrected chi connectivity index (χ4v) is 2.81. The Hall–Kier alpha value is -1.67. The molecule has 3 N–H and O–H groups in total. The third-order valence-corrected chi connectivity index (χ3v) is 4.33. The van der Waals surface area contributed by atoms with E-state index in [2.05, 4.69) is 12.2 Å². The van der Waals surface area contributed by atoms with Crippen LogP contribution in [0.2, 0.25) is 0 Å². The Morgan fingerprint density at radius 2 is 2.20 bits per heavy atom. The lowest BCUT2D eigenvalue weighted by Crippen LogP contribution is -2.13. The van der Waals surface area contributed by atoms with Gasteiger partial charge in [-0.15, -0.1) is 0 Å². The van der Waals surface area contributed by atoms with Gasteiger partial charge in [0, 0.05) is 12.1 Å².